The average molecular weight is 391 g/mol. The van der Waals surface area contributed by atoms with E-state index in [2.05, 4.69) is 5.32 Å². The summed E-state index contributed by atoms with van der Waals surface area (Å²) in [6.07, 6.45) is 0. The monoisotopic (exact) mass is 390 g/mol. The third-order valence-electron chi connectivity index (χ3n) is 4.06. The quantitative estimate of drug-likeness (QED) is 0.843. The minimum absolute atomic E-state index is 0.0396. The number of amides is 2. The number of methoxy groups -OCH3 is 1. The van der Waals surface area contributed by atoms with Gasteiger partial charge in [0.2, 0.25) is 11.8 Å². The van der Waals surface area contributed by atoms with Crippen molar-refractivity contribution in [2.75, 3.05) is 17.3 Å². The Morgan fingerprint density at radius 1 is 1.31 bits per heavy atom. The summed E-state index contributed by atoms with van der Waals surface area (Å²) in [5.41, 5.74) is 2.49. The van der Waals surface area contributed by atoms with Gasteiger partial charge < -0.3 is 15.0 Å². The van der Waals surface area contributed by atoms with Crippen molar-refractivity contribution in [2.45, 2.75) is 30.5 Å². The Morgan fingerprint density at radius 3 is 2.62 bits per heavy atom. The molecule has 0 bridgehead atoms. The predicted octanol–water partition coefficient (Wildman–Crippen LogP) is 4.33. The first-order valence-electron chi connectivity index (χ1n) is 8.11. The summed E-state index contributed by atoms with van der Waals surface area (Å²) in [6.45, 7) is 3.79. The maximum atomic E-state index is 12.8. The van der Waals surface area contributed by atoms with E-state index in [9.17, 15) is 9.59 Å². The lowest BCUT2D eigenvalue weighted by Gasteiger charge is -2.33. The maximum Gasteiger partial charge on any atom is 0.240 e. The van der Waals surface area contributed by atoms with Gasteiger partial charge in [0.05, 0.1) is 29.6 Å². The highest BCUT2D eigenvalue weighted by molar-refractivity contribution is 8.01. The number of hydrogen-bond acceptors (Lipinski definition) is 4. The number of carbonyl (C=O) groups is 2. The number of halogens is 1. The van der Waals surface area contributed by atoms with Gasteiger partial charge >= 0.3 is 0 Å². The number of rotatable bonds is 4. The zero-order valence-electron chi connectivity index (χ0n) is 14.7. The van der Waals surface area contributed by atoms with Crippen LogP contribution in [0.15, 0.2) is 41.3 Å². The second-order valence-electron chi connectivity index (χ2n) is 6.02. The Morgan fingerprint density at radius 2 is 2.00 bits per heavy atom. The molecular formula is C19H19ClN2O3S. The molecule has 5 nitrogen and oxygen atoms in total. The molecule has 1 N–H and O–H groups in total. The third kappa shape index (κ3) is 3.81. The fourth-order valence-corrected chi connectivity index (χ4v) is 4.20. The molecule has 1 atom stereocenters. The van der Waals surface area contributed by atoms with E-state index in [4.69, 9.17) is 16.3 Å². The van der Waals surface area contributed by atoms with Gasteiger partial charge in [0.1, 0.15) is 5.75 Å². The van der Waals surface area contributed by atoms with Gasteiger partial charge in [-0.2, -0.15) is 0 Å². The van der Waals surface area contributed by atoms with Crippen LogP contribution < -0.4 is 15.0 Å². The molecule has 26 heavy (non-hydrogen) atoms. The Labute approximate surface area is 161 Å². The van der Waals surface area contributed by atoms with Crippen LogP contribution in [0.1, 0.15) is 19.4 Å². The van der Waals surface area contributed by atoms with Crippen molar-refractivity contribution in [3.63, 3.8) is 0 Å². The number of thioether (sulfide) groups is 1. The van der Waals surface area contributed by atoms with Crippen LogP contribution in [0.3, 0.4) is 0 Å². The van der Waals surface area contributed by atoms with Crippen molar-refractivity contribution >= 4 is 46.6 Å². The van der Waals surface area contributed by atoms with Gasteiger partial charge in [0.25, 0.3) is 0 Å². The summed E-state index contributed by atoms with van der Waals surface area (Å²) in [6, 6.07) is 11.1. The van der Waals surface area contributed by atoms with Gasteiger partial charge in [-0.3, -0.25) is 9.59 Å². The summed E-state index contributed by atoms with van der Waals surface area (Å²) < 4.78 is 5.31. The highest BCUT2D eigenvalue weighted by atomic mass is 35.5. The molecule has 0 spiro atoms. The van der Waals surface area contributed by atoms with Gasteiger partial charge in [-0.05, 0) is 30.7 Å². The molecule has 0 aromatic heterocycles. The highest BCUT2D eigenvalue weighted by Gasteiger charge is 2.31. The molecule has 0 saturated heterocycles. The average Bonchev–Trinajstić information content (AvgIpc) is 2.59. The van der Waals surface area contributed by atoms with Crippen LogP contribution in [0.4, 0.5) is 11.4 Å². The molecule has 0 aliphatic carbocycles. The molecule has 2 aromatic carbocycles. The third-order valence-corrected chi connectivity index (χ3v) is 5.49. The minimum atomic E-state index is -0.189. The van der Waals surface area contributed by atoms with E-state index >= 15 is 0 Å². The highest BCUT2D eigenvalue weighted by Crippen LogP contribution is 2.44. The maximum absolute atomic E-state index is 12.8. The van der Waals surface area contributed by atoms with Crippen LogP contribution in [-0.4, -0.2) is 24.2 Å². The van der Waals surface area contributed by atoms with Crippen LogP contribution >= 0.6 is 23.4 Å². The standard InChI is InChI=1S/C19H19ClN2O3S/c1-11-19(24)22(10-13-4-6-14(7-5-13)21-12(2)23)16-9-17(25-3)15(20)8-18(16)26-11/h4-9,11H,10H2,1-3H3,(H,21,23). The van der Waals surface area contributed by atoms with E-state index in [-0.39, 0.29) is 17.1 Å². The number of ether oxygens (including phenoxy) is 1. The summed E-state index contributed by atoms with van der Waals surface area (Å²) in [7, 11) is 1.55. The van der Waals surface area contributed by atoms with Crippen molar-refractivity contribution in [3.05, 3.63) is 47.0 Å². The Balaban J connectivity index is 1.91. The molecule has 0 saturated carbocycles. The molecule has 2 aromatic rings. The molecule has 136 valence electrons. The number of nitrogens with zero attached hydrogens (tertiary/aromatic N) is 1. The number of carbonyl (C=O) groups excluding carboxylic acids is 2. The fourth-order valence-electron chi connectivity index (χ4n) is 2.81. The summed E-state index contributed by atoms with van der Waals surface area (Å²) in [5, 5.41) is 3.07. The van der Waals surface area contributed by atoms with Crippen molar-refractivity contribution in [2.24, 2.45) is 0 Å². The van der Waals surface area contributed by atoms with Crippen molar-refractivity contribution in [3.8, 4) is 5.75 Å². The van der Waals surface area contributed by atoms with E-state index in [0.29, 0.717) is 17.3 Å². The molecule has 1 aliphatic heterocycles. The molecule has 1 aliphatic rings. The number of nitrogens with one attached hydrogen (secondary N) is 1. The number of hydrogen-bond donors (Lipinski definition) is 1. The van der Waals surface area contributed by atoms with Crippen molar-refractivity contribution < 1.29 is 14.3 Å². The van der Waals surface area contributed by atoms with Gasteiger partial charge in [-0.1, -0.05) is 23.7 Å². The zero-order valence-corrected chi connectivity index (χ0v) is 16.3. The number of fused-ring (bicyclic) bond motifs is 1. The minimum Gasteiger partial charge on any atom is -0.495 e. The molecule has 2 amide bonds. The largest absolute Gasteiger partial charge is 0.495 e. The van der Waals surface area contributed by atoms with Gasteiger partial charge in [0.15, 0.2) is 0 Å². The van der Waals surface area contributed by atoms with E-state index in [0.717, 1.165) is 21.8 Å². The van der Waals surface area contributed by atoms with E-state index in [1.54, 1.807) is 18.1 Å². The molecule has 0 fully saturated rings. The molecule has 0 radical (unpaired) electrons. The Hall–Kier alpha value is -2.18. The van der Waals surface area contributed by atoms with E-state index < -0.39 is 0 Å². The van der Waals surface area contributed by atoms with Crippen LogP contribution in [-0.2, 0) is 16.1 Å². The van der Waals surface area contributed by atoms with Crippen LogP contribution in [0.5, 0.6) is 5.75 Å². The van der Waals surface area contributed by atoms with Crippen LogP contribution in [0.25, 0.3) is 0 Å². The fraction of sp³-hybridized carbons (Fsp3) is 0.263. The molecule has 1 unspecified atom stereocenters. The first-order valence-corrected chi connectivity index (χ1v) is 9.37. The van der Waals surface area contributed by atoms with Crippen LogP contribution in [0.2, 0.25) is 5.02 Å². The Kier molecular flexibility index (Phi) is 5.44. The summed E-state index contributed by atoms with van der Waals surface area (Å²) >= 11 is 7.73. The lowest BCUT2D eigenvalue weighted by atomic mass is 10.1. The normalized spacial score (nSPS) is 16.2. The number of benzene rings is 2. The topological polar surface area (TPSA) is 58.6 Å². The molecular weight excluding hydrogens is 372 g/mol. The smallest absolute Gasteiger partial charge is 0.240 e. The van der Waals surface area contributed by atoms with Gasteiger partial charge in [-0.15, -0.1) is 11.8 Å². The Bertz CT molecular complexity index is 855. The second-order valence-corrected chi connectivity index (χ2v) is 7.81. The zero-order chi connectivity index (χ0) is 18.8. The van der Waals surface area contributed by atoms with Crippen molar-refractivity contribution in [1.82, 2.24) is 0 Å². The summed E-state index contributed by atoms with van der Waals surface area (Å²) in [5.74, 6) is 0.463. The first-order chi connectivity index (χ1) is 12.4. The van der Waals surface area contributed by atoms with Gasteiger partial charge in [-0.25, -0.2) is 0 Å². The van der Waals surface area contributed by atoms with Crippen molar-refractivity contribution in [1.29, 1.82) is 0 Å². The van der Waals surface area contributed by atoms with E-state index in [1.807, 2.05) is 37.3 Å². The SMILES string of the molecule is COc1cc2c(cc1Cl)SC(C)C(=O)N2Cc1ccc(NC(C)=O)cc1. The van der Waals surface area contributed by atoms with Gasteiger partial charge in [0, 0.05) is 23.6 Å². The molecule has 7 heteroatoms. The van der Waals surface area contributed by atoms with Crippen LogP contribution in [0, 0.1) is 0 Å². The van der Waals surface area contributed by atoms with E-state index in [1.165, 1.54) is 18.7 Å². The molecule has 1 heterocycles. The lowest BCUT2D eigenvalue weighted by molar-refractivity contribution is -0.118. The lowest BCUT2D eigenvalue weighted by Crippen LogP contribution is -2.39. The predicted molar refractivity (Wildman–Crippen MR) is 105 cm³/mol. The first kappa shape index (κ1) is 18.6. The second kappa shape index (κ2) is 7.60. The molecule has 3 rings (SSSR count). The summed E-state index contributed by atoms with van der Waals surface area (Å²) in [4.78, 5) is 26.6. The number of anilines is 2.